The number of carbonyl (C=O) groups excluding carboxylic acids is 4. The first-order valence-corrected chi connectivity index (χ1v) is 15.5. The molecule has 248 valence electrons. The lowest BCUT2D eigenvalue weighted by Gasteiger charge is -2.26. The summed E-state index contributed by atoms with van der Waals surface area (Å²) in [6.45, 7) is 8.62. The van der Waals surface area contributed by atoms with Crippen molar-refractivity contribution in [1.29, 1.82) is 0 Å². The molecular weight excluding hydrogens is 600 g/mol. The van der Waals surface area contributed by atoms with Crippen molar-refractivity contribution < 1.29 is 19.2 Å². The Bertz CT molecular complexity index is 1590. The van der Waals surface area contributed by atoms with Gasteiger partial charge in [-0.15, -0.1) is 0 Å². The first-order valence-electron chi connectivity index (χ1n) is 15.5. The third kappa shape index (κ3) is 10.1. The van der Waals surface area contributed by atoms with Gasteiger partial charge in [0.15, 0.2) is 0 Å². The van der Waals surface area contributed by atoms with E-state index in [-0.39, 0.29) is 23.3 Å². The Hall–Kier alpha value is -5.34. The topological polar surface area (TPSA) is 187 Å². The molecule has 0 saturated carbocycles. The smallest absolute Gasteiger partial charge is 0.260 e. The highest BCUT2D eigenvalue weighted by Crippen LogP contribution is 2.21. The number of nitrogens with one attached hydrogen (secondary N) is 5. The lowest BCUT2D eigenvalue weighted by atomic mass is 10.2. The minimum atomic E-state index is -0.734. The van der Waals surface area contributed by atoms with E-state index < -0.39 is 17.9 Å². The average Bonchev–Trinajstić information content (AvgIpc) is 3.07. The number of carbonyl (C=O) groups is 4. The number of benzene rings is 2. The van der Waals surface area contributed by atoms with Crippen LogP contribution >= 0.6 is 0 Å². The van der Waals surface area contributed by atoms with E-state index in [4.69, 9.17) is 5.73 Å². The molecule has 47 heavy (non-hydrogen) atoms. The molecule has 1 atom stereocenters. The highest BCUT2D eigenvalue weighted by Gasteiger charge is 2.22. The molecule has 0 radical (unpaired) electrons. The Morgan fingerprint density at radius 2 is 1.74 bits per heavy atom. The molecule has 3 aromatic rings. The number of likely N-dealkylation sites (N-methyl/N-ethyl adjacent to an activating group) is 1. The molecule has 1 unspecified atom stereocenters. The van der Waals surface area contributed by atoms with E-state index in [1.807, 2.05) is 13.0 Å². The fourth-order valence-electron chi connectivity index (χ4n) is 4.63. The van der Waals surface area contributed by atoms with Gasteiger partial charge in [0.2, 0.25) is 23.7 Å². The van der Waals surface area contributed by atoms with Crippen LogP contribution in [0, 0.1) is 0 Å². The summed E-state index contributed by atoms with van der Waals surface area (Å²) in [5, 5.41) is 15.2. The van der Waals surface area contributed by atoms with Crippen molar-refractivity contribution in [3.05, 3.63) is 78.0 Å². The van der Waals surface area contributed by atoms with Gasteiger partial charge in [0.05, 0.1) is 0 Å². The van der Waals surface area contributed by atoms with Gasteiger partial charge in [-0.1, -0.05) is 19.1 Å². The lowest BCUT2D eigenvalue weighted by molar-refractivity contribution is -0.132. The van der Waals surface area contributed by atoms with Crippen LogP contribution in [0.2, 0.25) is 0 Å². The SMILES string of the molecule is CCCNc1nc(Nc2ccc(C(N)=O)cc2)ncc1C(=O)Nc1cccc(NC(=O)C(C)N(C)C(=O)/C=C/CN2CCNCC2)c1. The summed E-state index contributed by atoms with van der Waals surface area (Å²) in [4.78, 5) is 62.8. The van der Waals surface area contributed by atoms with Crippen LogP contribution in [-0.2, 0) is 9.59 Å². The van der Waals surface area contributed by atoms with Gasteiger partial charge in [-0.25, -0.2) is 4.98 Å². The number of primary amides is 1. The molecule has 0 aliphatic carbocycles. The Morgan fingerprint density at radius 1 is 1.04 bits per heavy atom. The molecule has 14 heteroatoms. The minimum Gasteiger partial charge on any atom is -0.369 e. The highest BCUT2D eigenvalue weighted by molar-refractivity contribution is 6.08. The van der Waals surface area contributed by atoms with Crippen molar-refractivity contribution in [2.24, 2.45) is 5.73 Å². The second-order valence-corrected chi connectivity index (χ2v) is 11.1. The summed E-state index contributed by atoms with van der Waals surface area (Å²) in [6, 6.07) is 12.5. The van der Waals surface area contributed by atoms with Gasteiger partial charge in [-0.2, -0.15) is 4.98 Å². The van der Waals surface area contributed by atoms with E-state index in [1.165, 1.54) is 17.2 Å². The van der Waals surface area contributed by atoms with Crippen LogP contribution in [0.5, 0.6) is 0 Å². The van der Waals surface area contributed by atoms with E-state index in [9.17, 15) is 19.2 Å². The van der Waals surface area contributed by atoms with Gasteiger partial charge < -0.3 is 37.2 Å². The molecule has 4 rings (SSSR count). The maximum atomic E-state index is 13.3. The number of rotatable bonds is 14. The largest absolute Gasteiger partial charge is 0.369 e. The standard InChI is InChI=1S/C33H42N10O4/c1-4-14-36-30-27(21-37-33(41-30)40-24-12-10-23(11-13-24)29(34)45)32(47)39-26-8-5-7-25(20-26)38-31(46)22(2)42(3)28(44)9-6-17-43-18-15-35-16-19-43/h5-13,20-22,35H,4,14-19H2,1-3H3,(H2,34,45)(H,38,46)(H,39,47)(H2,36,37,40,41)/b9-6+. The average molecular weight is 643 g/mol. The van der Waals surface area contributed by atoms with E-state index >= 15 is 0 Å². The van der Waals surface area contributed by atoms with Crippen molar-refractivity contribution in [3.63, 3.8) is 0 Å². The highest BCUT2D eigenvalue weighted by atomic mass is 16.2. The number of anilines is 5. The molecule has 14 nitrogen and oxygen atoms in total. The van der Waals surface area contributed by atoms with Crippen LogP contribution in [0.15, 0.2) is 66.9 Å². The lowest BCUT2D eigenvalue weighted by Crippen LogP contribution is -2.44. The molecule has 7 N–H and O–H groups in total. The van der Waals surface area contributed by atoms with Gasteiger partial charge in [-0.3, -0.25) is 24.1 Å². The minimum absolute atomic E-state index is 0.223. The number of aromatic nitrogens is 2. The van der Waals surface area contributed by atoms with E-state index in [2.05, 4.69) is 41.5 Å². The second-order valence-electron chi connectivity index (χ2n) is 11.1. The third-order valence-corrected chi connectivity index (χ3v) is 7.53. The van der Waals surface area contributed by atoms with Crippen LogP contribution in [0.3, 0.4) is 0 Å². The van der Waals surface area contributed by atoms with Crippen LogP contribution in [-0.4, -0.2) is 95.8 Å². The van der Waals surface area contributed by atoms with Gasteiger partial charge in [0, 0.05) is 81.2 Å². The number of amides is 4. The summed E-state index contributed by atoms with van der Waals surface area (Å²) < 4.78 is 0. The van der Waals surface area contributed by atoms with Gasteiger partial charge in [0.1, 0.15) is 17.4 Å². The zero-order valence-corrected chi connectivity index (χ0v) is 26.9. The van der Waals surface area contributed by atoms with E-state index in [0.29, 0.717) is 41.5 Å². The van der Waals surface area contributed by atoms with Crippen molar-refractivity contribution in [1.82, 2.24) is 25.1 Å². The normalized spacial score (nSPS) is 13.9. The fraction of sp³-hybridized carbons (Fsp3) is 0.333. The van der Waals surface area contributed by atoms with Crippen LogP contribution in [0.25, 0.3) is 0 Å². The summed E-state index contributed by atoms with van der Waals surface area (Å²) in [6.07, 6.45) is 5.54. The van der Waals surface area contributed by atoms with Crippen molar-refractivity contribution in [2.75, 3.05) is 67.6 Å². The molecule has 4 amide bonds. The van der Waals surface area contributed by atoms with Crippen LogP contribution in [0.1, 0.15) is 41.0 Å². The maximum absolute atomic E-state index is 13.3. The number of nitrogens with two attached hydrogens (primary N) is 1. The Balaban J connectivity index is 1.37. The quantitative estimate of drug-likeness (QED) is 0.143. The summed E-state index contributed by atoms with van der Waals surface area (Å²) in [5.41, 5.74) is 7.45. The molecule has 1 aromatic heterocycles. The summed E-state index contributed by atoms with van der Waals surface area (Å²) >= 11 is 0. The summed E-state index contributed by atoms with van der Waals surface area (Å²) in [5.74, 6) is -1.02. The predicted molar refractivity (Wildman–Crippen MR) is 183 cm³/mol. The molecular formula is C33H42N10O4. The predicted octanol–water partition coefficient (Wildman–Crippen LogP) is 2.64. The number of hydrogen-bond donors (Lipinski definition) is 6. The molecule has 2 aromatic carbocycles. The summed E-state index contributed by atoms with van der Waals surface area (Å²) in [7, 11) is 1.59. The molecule has 1 fully saturated rings. The van der Waals surface area contributed by atoms with Crippen molar-refractivity contribution >= 4 is 52.5 Å². The van der Waals surface area contributed by atoms with Crippen LogP contribution in [0.4, 0.5) is 28.8 Å². The van der Waals surface area contributed by atoms with Gasteiger partial charge in [-0.05, 0) is 55.8 Å². The maximum Gasteiger partial charge on any atom is 0.260 e. The number of piperazine rings is 1. The van der Waals surface area contributed by atoms with Gasteiger partial charge >= 0.3 is 0 Å². The molecule has 1 saturated heterocycles. The Morgan fingerprint density at radius 3 is 2.43 bits per heavy atom. The Labute approximate surface area is 274 Å². The second kappa shape index (κ2) is 16.8. The zero-order chi connectivity index (χ0) is 33.8. The first kappa shape index (κ1) is 34.5. The Kier molecular flexibility index (Phi) is 12.4. The zero-order valence-electron chi connectivity index (χ0n) is 26.9. The number of hydrogen-bond acceptors (Lipinski definition) is 10. The van der Waals surface area contributed by atoms with E-state index in [1.54, 1.807) is 62.5 Å². The van der Waals surface area contributed by atoms with Gasteiger partial charge in [0.25, 0.3) is 5.91 Å². The van der Waals surface area contributed by atoms with Crippen molar-refractivity contribution in [3.8, 4) is 0 Å². The number of nitrogens with zero attached hydrogens (tertiary/aromatic N) is 4. The molecule has 1 aliphatic rings. The van der Waals surface area contributed by atoms with Crippen molar-refractivity contribution in [2.45, 2.75) is 26.3 Å². The third-order valence-electron chi connectivity index (χ3n) is 7.53. The first-order chi connectivity index (χ1) is 22.6. The monoisotopic (exact) mass is 642 g/mol. The van der Waals surface area contributed by atoms with Crippen LogP contribution < -0.4 is 32.3 Å². The van der Waals surface area contributed by atoms with E-state index in [0.717, 1.165) is 32.6 Å². The molecule has 0 bridgehead atoms. The molecule has 1 aliphatic heterocycles. The fourth-order valence-corrected chi connectivity index (χ4v) is 4.63. The molecule has 2 heterocycles. The molecule has 0 spiro atoms.